The Balaban J connectivity index is 1.44. The van der Waals surface area contributed by atoms with Gasteiger partial charge in [-0.1, -0.05) is 24.3 Å². The number of rotatable bonds is 4. The fourth-order valence-corrected chi connectivity index (χ4v) is 6.56. The normalized spacial score (nSPS) is 23.2. The molecular formula is C29H24F2N4O2. The summed E-state index contributed by atoms with van der Waals surface area (Å²) in [6, 6.07) is 13.8. The molecule has 0 aliphatic heterocycles. The molecule has 186 valence electrons. The predicted molar refractivity (Wildman–Crippen MR) is 138 cm³/mol. The first-order valence-corrected chi connectivity index (χ1v) is 12.6. The van der Waals surface area contributed by atoms with Gasteiger partial charge < -0.3 is 15.4 Å². The van der Waals surface area contributed by atoms with Crippen LogP contribution in [0.4, 0.5) is 14.6 Å². The molecule has 0 unspecified atom stereocenters. The Bertz CT molecular complexity index is 1710. The third-order valence-electron chi connectivity index (χ3n) is 8.32. The first-order valence-electron chi connectivity index (χ1n) is 12.6. The number of carboxylic acids is 1. The highest BCUT2D eigenvalue weighted by Crippen LogP contribution is 2.47. The van der Waals surface area contributed by atoms with E-state index in [0.29, 0.717) is 28.1 Å². The van der Waals surface area contributed by atoms with Crippen molar-refractivity contribution in [2.75, 3.05) is 5.32 Å². The minimum atomic E-state index is -0.779. The lowest BCUT2D eigenvalue weighted by Crippen LogP contribution is -2.51. The molecule has 3 aliphatic carbocycles. The van der Waals surface area contributed by atoms with Gasteiger partial charge in [0.1, 0.15) is 17.5 Å². The van der Waals surface area contributed by atoms with E-state index < -0.39 is 23.5 Å². The fourth-order valence-electron chi connectivity index (χ4n) is 6.56. The number of nitrogens with one attached hydrogen (secondary N) is 2. The largest absolute Gasteiger partial charge is 0.481 e. The van der Waals surface area contributed by atoms with E-state index in [2.05, 4.69) is 10.3 Å². The van der Waals surface area contributed by atoms with E-state index in [9.17, 15) is 18.7 Å². The van der Waals surface area contributed by atoms with Gasteiger partial charge >= 0.3 is 5.97 Å². The lowest BCUT2D eigenvalue weighted by Gasteiger charge is -2.47. The number of H-pyrrole nitrogens is 1. The number of hydrogen-bond acceptors (Lipinski definition) is 4. The minimum Gasteiger partial charge on any atom is -0.481 e. The van der Waals surface area contributed by atoms with E-state index in [0.717, 1.165) is 47.9 Å². The number of carboxylic acid groups (broad SMARTS) is 1. The molecule has 3 aliphatic rings. The summed E-state index contributed by atoms with van der Waals surface area (Å²) in [5.41, 5.74) is 1.33. The number of fused-ring (bicyclic) bond motifs is 6. The summed E-state index contributed by atoms with van der Waals surface area (Å²) in [5, 5.41) is 16.8. The SMILES string of the molecule is O=C(O)[C@H]1C2CCC(CC2)[C@@H]1Nc1nc(-c2c[nH]c3c(F)cc(F)cc23)nc2cc3ccccc3cc12. The van der Waals surface area contributed by atoms with E-state index in [-0.39, 0.29) is 23.4 Å². The number of anilines is 1. The number of aromatic amines is 1. The number of aromatic nitrogens is 3. The Morgan fingerprint density at radius 2 is 1.68 bits per heavy atom. The maximum atomic E-state index is 14.4. The fraction of sp³-hybridized carbons (Fsp3) is 0.276. The average molecular weight is 499 g/mol. The predicted octanol–water partition coefficient (Wildman–Crippen LogP) is 6.51. The van der Waals surface area contributed by atoms with Crippen LogP contribution in [-0.4, -0.2) is 32.1 Å². The van der Waals surface area contributed by atoms with E-state index in [1.807, 2.05) is 36.4 Å². The van der Waals surface area contributed by atoms with Gasteiger partial charge in [-0.2, -0.15) is 0 Å². The van der Waals surface area contributed by atoms with Crippen molar-refractivity contribution in [2.45, 2.75) is 31.7 Å². The van der Waals surface area contributed by atoms with Gasteiger partial charge in [0.2, 0.25) is 0 Å². The zero-order chi connectivity index (χ0) is 25.3. The lowest BCUT2D eigenvalue weighted by atomic mass is 9.61. The maximum absolute atomic E-state index is 14.4. The molecule has 3 aromatic carbocycles. The summed E-state index contributed by atoms with van der Waals surface area (Å²) >= 11 is 0. The molecule has 37 heavy (non-hydrogen) atoms. The van der Waals surface area contributed by atoms with Crippen LogP contribution in [0, 0.1) is 29.4 Å². The topological polar surface area (TPSA) is 90.9 Å². The molecular weight excluding hydrogens is 474 g/mol. The Labute approximate surface area is 210 Å². The number of carbonyl (C=O) groups is 1. The molecule has 0 spiro atoms. The van der Waals surface area contributed by atoms with Crippen molar-refractivity contribution in [1.29, 1.82) is 0 Å². The minimum absolute atomic E-state index is 0.146. The lowest BCUT2D eigenvalue weighted by molar-refractivity contribution is -0.148. The van der Waals surface area contributed by atoms with Crippen LogP contribution in [0.5, 0.6) is 0 Å². The molecule has 8 heteroatoms. The third-order valence-corrected chi connectivity index (χ3v) is 8.32. The first kappa shape index (κ1) is 22.2. The van der Waals surface area contributed by atoms with Gasteiger partial charge in [-0.25, -0.2) is 18.7 Å². The molecule has 3 saturated carbocycles. The number of hydrogen-bond donors (Lipinski definition) is 3. The number of benzene rings is 3. The van der Waals surface area contributed by atoms with Crippen molar-refractivity contribution in [3.05, 3.63) is 66.4 Å². The molecule has 0 saturated heterocycles. The van der Waals surface area contributed by atoms with E-state index in [4.69, 9.17) is 9.97 Å². The monoisotopic (exact) mass is 498 g/mol. The second kappa shape index (κ2) is 8.23. The summed E-state index contributed by atoms with van der Waals surface area (Å²) in [7, 11) is 0. The molecule has 8 rings (SSSR count). The van der Waals surface area contributed by atoms with Crippen molar-refractivity contribution >= 4 is 44.4 Å². The molecule has 6 nitrogen and oxygen atoms in total. The maximum Gasteiger partial charge on any atom is 0.308 e. The second-order valence-electron chi connectivity index (χ2n) is 10.3. The molecule has 5 aromatic rings. The van der Waals surface area contributed by atoms with Gasteiger partial charge in [0.05, 0.1) is 17.0 Å². The highest BCUT2D eigenvalue weighted by Gasteiger charge is 2.47. The molecule has 2 aromatic heterocycles. The van der Waals surface area contributed by atoms with Gasteiger partial charge in [0.15, 0.2) is 5.82 Å². The van der Waals surface area contributed by atoms with Crippen molar-refractivity contribution in [3.8, 4) is 11.4 Å². The van der Waals surface area contributed by atoms with Crippen molar-refractivity contribution in [2.24, 2.45) is 17.8 Å². The smallest absolute Gasteiger partial charge is 0.308 e. The summed E-state index contributed by atoms with van der Waals surface area (Å²) in [4.78, 5) is 24.8. The number of nitrogens with zero attached hydrogens (tertiary/aromatic N) is 2. The molecule has 2 heterocycles. The van der Waals surface area contributed by atoms with Crippen LogP contribution in [0.3, 0.4) is 0 Å². The average Bonchev–Trinajstić information content (AvgIpc) is 3.32. The number of halogens is 2. The molecule has 0 amide bonds. The standard InChI is InChI=1S/C29H24F2N4O2/c30-18-11-19-21(13-32-26(19)22(31)12-18)28-33-23-10-17-4-2-1-3-16(17)9-20(23)27(35-28)34-25-15-7-5-14(6-8-15)24(25)29(36)37/h1-4,9-15,24-25,32H,5-8H2,(H,36,37)(H,33,34,35)/t14?,15?,24-,25-/m0/s1. The van der Waals surface area contributed by atoms with E-state index in [1.165, 1.54) is 6.07 Å². The van der Waals surface area contributed by atoms with Gasteiger partial charge in [0, 0.05) is 34.6 Å². The van der Waals surface area contributed by atoms with Crippen LogP contribution < -0.4 is 5.32 Å². The Morgan fingerprint density at radius 3 is 2.43 bits per heavy atom. The van der Waals surface area contributed by atoms with Gasteiger partial charge in [-0.05, 0) is 66.5 Å². The first-order chi connectivity index (χ1) is 18.0. The van der Waals surface area contributed by atoms with Crippen LogP contribution in [0.25, 0.3) is 44.0 Å². The van der Waals surface area contributed by atoms with E-state index >= 15 is 0 Å². The molecule has 2 bridgehead atoms. The molecule has 0 radical (unpaired) electrons. The summed E-state index contributed by atoms with van der Waals surface area (Å²) in [6.07, 6.45) is 5.44. The zero-order valence-corrected chi connectivity index (χ0v) is 19.8. The van der Waals surface area contributed by atoms with Crippen LogP contribution >= 0.6 is 0 Å². The van der Waals surface area contributed by atoms with Crippen molar-refractivity contribution in [1.82, 2.24) is 15.0 Å². The van der Waals surface area contributed by atoms with Gasteiger partial charge in [0.25, 0.3) is 0 Å². The van der Waals surface area contributed by atoms with Crippen LogP contribution in [-0.2, 0) is 4.79 Å². The Hall–Kier alpha value is -4.07. The highest BCUT2D eigenvalue weighted by molar-refractivity contribution is 6.03. The van der Waals surface area contributed by atoms with Crippen LogP contribution in [0.15, 0.2) is 54.7 Å². The van der Waals surface area contributed by atoms with Crippen LogP contribution in [0.1, 0.15) is 25.7 Å². The van der Waals surface area contributed by atoms with E-state index in [1.54, 1.807) is 6.20 Å². The quantitative estimate of drug-likeness (QED) is 0.246. The molecule has 2 atom stereocenters. The second-order valence-corrected chi connectivity index (χ2v) is 10.3. The summed E-state index contributed by atoms with van der Waals surface area (Å²) < 4.78 is 28.5. The van der Waals surface area contributed by atoms with Crippen LogP contribution in [0.2, 0.25) is 0 Å². The Morgan fingerprint density at radius 1 is 0.946 bits per heavy atom. The van der Waals surface area contributed by atoms with Gasteiger partial charge in [-0.3, -0.25) is 4.79 Å². The van der Waals surface area contributed by atoms with Crippen molar-refractivity contribution < 1.29 is 18.7 Å². The Kier molecular flexibility index (Phi) is 4.93. The third kappa shape index (κ3) is 3.54. The zero-order valence-electron chi connectivity index (χ0n) is 19.8. The summed E-state index contributed by atoms with van der Waals surface area (Å²) in [6.45, 7) is 0. The molecule has 3 N–H and O–H groups in total. The highest BCUT2D eigenvalue weighted by atomic mass is 19.1. The molecule has 3 fully saturated rings. The summed E-state index contributed by atoms with van der Waals surface area (Å²) in [5.74, 6) is -1.39. The van der Waals surface area contributed by atoms with Gasteiger partial charge in [-0.15, -0.1) is 0 Å². The van der Waals surface area contributed by atoms with Crippen molar-refractivity contribution in [3.63, 3.8) is 0 Å². The number of aliphatic carboxylic acids is 1.